The number of nitrogens with one attached hydrogen (secondary N) is 2. The Morgan fingerprint density at radius 2 is 1.90 bits per heavy atom. The van der Waals surface area contributed by atoms with Crippen molar-refractivity contribution in [2.45, 2.75) is 20.3 Å². The van der Waals surface area contributed by atoms with Gasteiger partial charge in [0, 0.05) is 23.5 Å². The number of ether oxygens (including phenoxy) is 2. The van der Waals surface area contributed by atoms with Crippen LogP contribution in [0.2, 0.25) is 0 Å². The molecule has 0 atom stereocenters. The van der Waals surface area contributed by atoms with Crippen LogP contribution in [-0.4, -0.2) is 25.1 Å². The van der Waals surface area contributed by atoms with Gasteiger partial charge in [-0.05, 0) is 48.7 Å². The fourth-order valence-corrected chi connectivity index (χ4v) is 3.07. The van der Waals surface area contributed by atoms with Crippen LogP contribution in [0.4, 0.5) is 17.2 Å². The lowest BCUT2D eigenvalue weighted by atomic mass is 10.1. The highest BCUT2D eigenvalue weighted by Gasteiger charge is 2.12. The minimum absolute atomic E-state index is 0.179. The fraction of sp³-hybridized carbons (Fsp3) is 0.217. The highest BCUT2D eigenvalue weighted by molar-refractivity contribution is 6.05. The second-order valence-corrected chi connectivity index (χ2v) is 6.54. The Morgan fingerprint density at radius 1 is 1.07 bits per heavy atom. The van der Waals surface area contributed by atoms with Crippen LogP contribution in [0.1, 0.15) is 28.4 Å². The quantitative estimate of drug-likeness (QED) is 0.595. The molecule has 0 aliphatic carbocycles. The number of hydrogen-bond acceptors (Lipinski definition) is 5. The fourth-order valence-electron chi connectivity index (χ4n) is 3.07. The third-order valence-corrected chi connectivity index (χ3v) is 4.67. The second-order valence-electron chi connectivity index (χ2n) is 6.54. The summed E-state index contributed by atoms with van der Waals surface area (Å²) in [5.41, 5.74) is 4.25. The molecule has 0 aliphatic rings. The van der Waals surface area contributed by atoms with Crippen LogP contribution in [0.15, 0.2) is 54.7 Å². The Labute approximate surface area is 170 Å². The average molecular weight is 391 g/mol. The molecular formula is C23H25N3O3. The van der Waals surface area contributed by atoms with Crippen LogP contribution in [-0.2, 0) is 6.42 Å². The molecule has 0 aliphatic heterocycles. The first-order valence-electron chi connectivity index (χ1n) is 9.40. The van der Waals surface area contributed by atoms with E-state index in [2.05, 4.69) is 22.5 Å². The summed E-state index contributed by atoms with van der Waals surface area (Å²) in [6.45, 7) is 4.06. The molecule has 29 heavy (non-hydrogen) atoms. The molecule has 0 radical (unpaired) electrons. The minimum Gasteiger partial charge on any atom is -0.497 e. The molecule has 0 bridgehead atoms. The summed E-state index contributed by atoms with van der Waals surface area (Å²) in [6, 6.07) is 14.9. The Balaban J connectivity index is 1.82. The van der Waals surface area contributed by atoms with Gasteiger partial charge in [-0.15, -0.1) is 0 Å². The zero-order valence-corrected chi connectivity index (χ0v) is 17.1. The molecule has 0 saturated carbocycles. The van der Waals surface area contributed by atoms with Crippen LogP contribution in [0.25, 0.3) is 0 Å². The van der Waals surface area contributed by atoms with Gasteiger partial charge in [0.1, 0.15) is 17.3 Å². The summed E-state index contributed by atoms with van der Waals surface area (Å²) in [4.78, 5) is 17.2. The van der Waals surface area contributed by atoms with E-state index in [0.717, 1.165) is 28.9 Å². The molecule has 0 spiro atoms. The van der Waals surface area contributed by atoms with E-state index in [1.807, 2.05) is 37.3 Å². The topological polar surface area (TPSA) is 72.5 Å². The maximum atomic E-state index is 12.8. The molecule has 2 aromatic carbocycles. The number of carbonyl (C=O) groups is 1. The molecule has 0 saturated heterocycles. The normalized spacial score (nSPS) is 10.3. The number of methoxy groups -OCH3 is 2. The number of pyridine rings is 1. The van der Waals surface area contributed by atoms with Crippen LogP contribution in [0.5, 0.6) is 11.5 Å². The summed E-state index contributed by atoms with van der Waals surface area (Å²) < 4.78 is 10.6. The van der Waals surface area contributed by atoms with Gasteiger partial charge in [-0.1, -0.05) is 25.1 Å². The van der Waals surface area contributed by atoms with Crippen molar-refractivity contribution in [2.24, 2.45) is 0 Å². The number of amides is 1. The van der Waals surface area contributed by atoms with Gasteiger partial charge in [0.25, 0.3) is 5.91 Å². The summed E-state index contributed by atoms with van der Waals surface area (Å²) >= 11 is 0. The first-order chi connectivity index (χ1) is 14.0. The zero-order chi connectivity index (χ0) is 20.8. The number of rotatable bonds is 7. The number of carbonyl (C=O) groups excluding carboxylic acids is 1. The van der Waals surface area contributed by atoms with Crippen molar-refractivity contribution in [3.63, 3.8) is 0 Å². The van der Waals surface area contributed by atoms with Crippen LogP contribution < -0.4 is 20.1 Å². The number of nitrogens with zero attached hydrogens (tertiary/aromatic N) is 1. The molecule has 3 rings (SSSR count). The van der Waals surface area contributed by atoms with E-state index in [0.29, 0.717) is 22.9 Å². The lowest BCUT2D eigenvalue weighted by Crippen LogP contribution is -2.14. The zero-order valence-electron chi connectivity index (χ0n) is 17.1. The molecular weight excluding hydrogens is 366 g/mol. The van der Waals surface area contributed by atoms with E-state index < -0.39 is 0 Å². The summed E-state index contributed by atoms with van der Waals surface area (Å²) in [6.07, 6.45) is 2.45. The van der Waals surface area contributed by atoms with Crippen molar-refractivity contribution in [1.82, 2.24) is 4.98 Å². The highest BCUT2D eigenvalue weighted by atomic mass is 16.5. The van der Waals surface area contributed by atoms with Crippen molar-refractivity contribution in [3.8, 4) is 11.5 Å². The maximum Gasteiger partial charge on any atom is 0.255 e. The van der Waals surface area contributed by atoms with Gasteiger partial charge in [-0.25, -0.2) is 4.98 Å². The van der Waals surface area contributed by atoms with Gasteiger partial charge in [0.15, 0.2) is 0 Å². The standard InChI is InChI=1S/C23H25N3O3/c1-5-16-8-6-7-15(2)22(16)26-23(27)17-11-12-24-21(13-17)25-19-10-9-18(28-3)14-20(19)29-4/h6-14H,5H2,1-4H3,(H,24,25)(H,26,27). The highest BCUT2D eigenvalue weighted by Crippen LogP contribution is 2.31. The first-order valence-corrected chi connectivity index (χ1v) is 9.40. The molecule has 2 N–H and O–H groups in total. The van der Waals surface area contributed by atoms with Crippen LogP contribution in [0.3, 0.4) is 0 Å². The second kappa shape index (κ2) is 9.10. The van der Waals surface area contributed by atoms with Gasteiger partial charge in [0.2, 0.25) is 0 Å². The number of para-hydroxylation sites is 1. The average Bonchev–Trinajstić information content (AvgIpc) is 2.75. The smallest absolute Gasteiger partial charge is 0.255 e. The van der Waals surface area contributed by atoms with Gasteiger partial charge in [0.05, 0.1) is 19.9 Å². The molecule has 0 unspecified atom stereocenters. The largest absolute Gasteiger partial charge is 0.497 e. The Morgan fingerprint density at radius 3 is 2.62 bits per heavy atom. The summed E-state index contributed by atoms with van der Waals surface area (Å²) in [7, 11) is 3.19. The third-order valence-electron chi connectivity index (χ3n) is 4.67. The molecule has 6 heteroatoms. The number of hydrogen-bond donors (Lipinski definition) is 2. The number of benzene rings is 2. The van der Waals surface area contributed by atoms with Crippen molar-refractivity contribution in [1.29, 1.82) is 0 Å². The molecule has 3 aromatic rings. The van der Waals surface area contributed by atoms with E-state index in [1.165, 1.54) is 0 Å². The predicted octanol–water partition coefficient (Wildman–Crippen LogP) is 4.97. The molecule has 1 amide bonds. The lowest BCUT2D eigenvalue weighted by molar-refractivity contribution is 0.102. The van der Waals surface area contributed by atoms with Crippen molar-refractivity contribution in [3.05, 3.63) is 71.4 Å². The van der Waals surface area contributed by atoms with Gasteiger partial charge in [-0.2, -0.15) is 0 Å². The van der Waals surface area contributed by atoms with E-state index in [9.17, 15) is 4.79 Å². The molecule has 150 valence electrons. The van der Waals surface area contributed by atoms with Crippen LogP contribution in [0, 0.1) is 6.92 Å². The number of aromatic nitrogens is 1. The third kappa shape index (κ3) is 4.66. The van der Waals surface area contributed by atoms with Gasteiger partial charge >= 0.3 is 0 Å². The van der Waals surface area contributed by atoms with Gasteiger partial charge < -0.3 is 20.1 Å². The molecule has 1 heterocycles. The van der Waals surface area contributed by atoms with Crippen molar-refractivity contribution < 1.29 is 14.3 Å². The van der Waals surface area contributed by atoms with Crippen LogP contribution >= 0.6 is 0 Å². The van der Waals surface area contributed by atoms with Crippen molar-refractivity contribution >= 4 is 23.1 Å². The lowest BCUT2D eigenvalue weighted by Gasteiger charge is -2.14. The summed E-state index contributed by atoms with van der Waals surface area (Å²) in [5, 5.41) is 6.24. The predicted molar refractivity (Wildman–Crippen MR) is 116 cm³/mol. The Bertz CT molecular complexity index is 1020. The van der Waals surface area contributed by atoms with E-state index in [4.69, 9.17) is 9.47 Å². The first kappa shape index (κ1) is 20.2. The molecule has 0 fully saturated rings. The van der Waals surface area contributed by atoms with E-state index >= 15 is 0 Å². The maximum absolute atomic E-state index is 12.8. The van der Waals surface area contributed by atoms with E-state index in [1.54, 1.807) is 38.6 Å². The monoisotopic (exact) mass is 391 g/mol. The SMILES string of the molecule is CCc1cccc(C)c1NC(=O)c1ccnc(Nc2ccc(OC)cc2OC)c1. The Kier molecular flexibility index (Phi) is 6.34. The van der Waals surface area contributed by atoms with Gasteiger partial charge in [-0.3, -0.25) is 4.79 Å². The minimum atomic E-state index is -0.179. The number of aryl methyl sites for hydroxylation is 2. The Hall–Kier alpha value is -3.54. The van der Waals surface area contributed by atoms with E-state index in [-0.39, 0.29) is 5.91 Å². The summed E-state index contributed by atoms with van der Waals surface area (Å²) in [5.74, 6) is 1.68. The number of anilines is 3. The van der Waals surface area contributed by atoms with Crippen molar-refractivity contribution in [2.75, 3.05) is 24.9 Å². The molecule has 6 nitrogen and oxygen atoms in total. The molecule has 1 aromatic heterocycles.